The molecule has 0 aliphatic carbocycles. The van der Waals surface area contributed by atoms with Crippen LogP contribution in [0, 0.1) is 11.3 Å². The van der Waals surface area contributed by atoms with Gasteiger partial charge in [0.2, 0.25) is 0 Å². The summed E-state index contributed by atoms with van der Waals surface area (Å²) in [5.74, 6) is 0. The Kier molecular flexibility index (Phi) is 3.28. The zero-order valence-corrected chi connectivity index (χ0v) is 8.95. The van der Waals surface area contributed by atoms with Crippen LogP contribution in [0.2, 0.25) is 5.02 Å². The van der Waals surface area contributed by atoms with Gasteiger partial charge in [0.1, 0.15) is 6.07 Å². The molecule has 0 atom stereocenters. The fraction of sp³-hybridized carbons (Fsp3) is 0. The average molecular weight is 276 g/mol. The lowest BCUT2D eigenvalue weighted by Crippen LogP contribution is -2.17. The second-order valence-corrected chi connectivity index (χ2v) is 3.32. The van der Waals surface area contributed by atoms with Crippen molar-refractivity contribution in [1.82, 2.24) is 4.98 Å². The monoisotopic (exact) mass is 275 g/mol. The summed E-state index contributed by atoms with van der Waals surface area (Å²) in [5, 5.41) is 17.2. The third-order valence-corrected chi connectivity index (χ3v) is 2.33. The van der Waals surface area contributed by atoms with E-state index in [1.807, 2.05) is 0 Å². The van der Waals surface area contributed by atoms with Gasteiger partial charge in [-0.05, 0) is 6.07 Å². The minimum atomic E-state index is -1.20. The topological polar surface area (TPSA) is 77.2 Å². The number of carboxylic acid groups (broad SMARTS) is 1. The van der Waals surface area contributed by atoms with Gasteiger partial charge in [-0.25, -0.2) is 13.7 Å². The van der Waals surface area contributed by atoms with Crippen molar-refractivity contribution in [3.05, 3.63) is 23.0 Å². The molecule has 0 aliphatic rings. The van der Waals surface area contributed by atoms with Gasteiger partial charge < -0.3 is 5.11 Å². The molecule has 1 amide bonds. The lowest BCUT2D eigenvalue weighted by Gasteiger charge is -2.09. The highest BCUT2D eigenvalue weighted by Crippen LogP contribution is 2.23. The van der Waals surface area contributed by atoms with E-state index >= 15 is 0 Å². The third-order valence-electron chi connectivity index (χ3n) is 1.33. The van der Waals surface area contributed by atoms with Crippen LogP contribution in [-0.4, -0.2) is 16.2 Å². The highest BCUT2D eigenvalue weighted by Gasteiger charge is 2.12. The van der Waals surface area contributed by atoms with Crippen LogP contribution in [0.25, 0.3) is 0 Å². The van der Waals surface area contributed by atoms with E-state index in [1.165, 1.54) is 12.3 Å². The summed E-state index contributed by atoms with van der Waals surface area (Å²) in [4.78, 5) is 14.2. The molecule has 72 valence electrons. The summed E-state index contributed by atoms with van der Waals surface area (Å²) in [6.07, 6.45) is 0.0281. The summed E-state index contributed by atoms with van der Waals surface area (Å²) in [7, 11) is 0. The molecule has 14 heavy (non-hydrogen) atoms. The Morgan fingerprint density at radius 1 is 1.79 bits per heavy atom. The van der Waals surface area contributed by atoms with E-state index < -0.39 is 6.09 Å². The minimum Gasteiger partial charge on any atom is -0.464 e. The summed E-state index contributed by atoms with van der Waals surface area (Å²) in [5.41, 5.74) is 0.295. The second-order valence-electron chi connectivity index (χ2n) is 2.20. The number of hydrogen-bond donors (Lipinski definition) is 1. The van der Waals surface area contributed by atoms with Crippen LogP contribution in [0.15, 0.2) is 12.3 Å². The van der Waals surface area contributed by atoms with Crippen molar-refractivity contribution in [1.29, 1.82) is 5.26 Å². The van der Waals surface area contributed by atoms with Crippen molar-refractivity contribution in [3.8, 4) is 6.07 Å². The lowest BCUT2D eigenvalue weighted by molar-refractivity contribution is 0.207. The van der Waals surface area contributed by atoms with E-state index in [-0.39, 0.29) is 16.4 Å². The predicted octanol–water partition coefficient (Wildman–Crippen LogP) is 2.40. The molecule has 1 aromatic rings. The highest BCUT2D eigenvalue weighted by molar-refractivity contribution is 9.10. The number of nitriles is 1. The Morgan fingerprint density at radius 2 is 2.43 bits per heavy atom. The summed E-state index contributed by atoms with van der Waals surface area (Å²) in [6, 6.07) is 3.10. The Hall–Kier alpha value is -1.32. The SMILES string of the molecule is N#Cc1ncc(N(Br)C(=O)O)cc1Cl. The molecule has 1 N–H and O–H groups in total. The molecule has 0 spiro atoms. The molecule has 0 saturated carbocycles. The van der Waals surface area contributed by atoms with Crippen LogP contribution < -0.4 is 3.93 Å². The highest BCUT2D eigenvalue weighted by atomic mass is 79.9. The Bertz CT molecular complexity index is 418. The Balaban J connectivity index is 3.10. The van der Waals surface area contributed by atoms with Crippen LogP contribution in [0.5, 0.6) is 0 Å². The maximum absolute atomic E-state index is 10.5. The van der Waals surface area contributed by atoms with Gasteiger partial charge in [0.05, 0.1) is 33.1 Å². The van der Waals surface area contributed by atoms with Gasteiger partial charge in [0.15, 0.2) is 5.69 Å². The van der Waals surface area contributed by atoms with Gasteiger partial charge in [-0.1, -0.05) is 11.6 Å². The number of amides is 1. The first kappa shape index (κ1) is 10.8. The van der Waals surface area contributed by atoms with Gasteiger partial charge in [0.25, 0.3) is 0 Å². The number of aromatic nitrogens is 1. The number of anilines is 1. The maximum atomic E-state index is 10.5. The van der Waals surface area contributed by atoms with Crippen molar-refractivity contribution < 1.29 is 9.90 Å². The summed E-state index contributed by atoms with van der Waals surface area (Å²) in [6.45, 7) is 0. The molecule has 1 aromatic heterocycles. The first-order valence-corrected chi connectivity index (χ1v) is 4.39. The number of nitrogens with zero attached hydrogens (tertiary/aromatic N) is 3. The minimum absolute atomic E-state index is 0.0571. The maximum Gasteiger partial charge on any atom is 0.422 e. The standard InChI is InChI=1S/C7H3BrClN3O2/c8-12(7(13)14)4-1-5(9)6(2-10)11-3-4/h1,3H,(H,13,14). The predicted molar refractivity (Wildman–Crippen MR) is 53.4 cm³/mol. The largest absolute Gasteiger partial charge is 0.464 e. The van der Waals surface area contributed by atoms with Crippen LogP contribution in [-0.2, 0) is 0 Å². The van der Waals surface area contributed by atoms with Crippen LogP contribution in [0.4, 0.5) is 10.5 Å². The van der Waals surface area contributed by atoms with E-state index in [0.29, 0.717) is 0 Å². The first-order chi connectivity index (χ1) is 6.56. The summed E-state index contributed by atoms with van der Waals surface area (Å²) >= 11 is 8.44. The lowest BCUT2D eigenvalue weighted by atomic mass is 10.3. The van der Waals surface area contributed by atoms with Gasteiger partial charge in [-0.15, -0.1) is 0 Å². The van der Waals surface area contributed by atoms with Crippen LogP contribution >= 0.6 is 27.7 Å². The molecule has 0 bridgehead atoms. The molecule has 7 heteroatoms. The van der Waals surface area contributed by atoms with Crippen molar-refractivity contribution in [2.75, 3.05) is 3.93 Å². The van der Waals surface area contributed by atoms with E-state index in [0.717, 1.165) is 3.93 Å². The van der Waals surface area contributed by atoms with E-state index in [9.17, 15) is 4.79 Å². The zero-order valence-electron chi connectivity index (χ0n) is 6.61. The molecular weight excluding hydrogens is 273 g/mol. The van der Waals surface area contributed by atoms with Gasteiger partial charge in [-0.3, -0.25) is 0 Å². The average Bonchev–Trinajstić information content (AvgIpc) is 2.16. The van der Waals surface area contributed by atoms with Crippen LogP contribution in [0.3, 0.4) is 0 Å². The molecule has 0 aromatic carbocycles. The molecule has 5 nitrogen and oxygen atoms in total. The normalized spacial score (nSPS) is 9.21. The van der Waals surface area contributed by atoms with E-state index in [1.54, 1.807) is 6.07 Å². The Labute approximate surface area is 92.9 Å². The number of hydrogen-bond acceptors (Lipinski definition) is 3. The van der Waals surface area contributed by atoms with Gasteiger partial charge in [-0.2, -0.15) is 5.26 Å². The third kappa shape index (κ3) is 2.13. The van der Waals surface area contributed by atoms with E-state index in [4.69, 9.17) is 22.0 Å². The molecule has 0 fully saturated rings. The molecule has 0 unspecified atom stereocenters. The summed E-state index contributed by atoms with van der Waals surface area (Å²) < 4.78 is 0.771. The van der Waals surface area contributed by atoms with Crippen molar-refractivity contribution in [3.63, 3.8) is 0 Å². The number of halogens is 2. The molecular formula is C7H3BrClN3O2. The number of pyridine rings is 1. The van der Waals surface area contributed by atoms with Gasteiger partial charge in [0, 0.05) is 0 Å². The quantitative estimate of drug-likeness (QED) is 0.799. The Morgan fingerprint density at radius 3 is 2.86 bits per heavy atom. The van der Waals surface area contributed by atoms with Crippen molar-refractivity contribution in [2.24, 2.45) is 0 Å². The molecule has 0 aliphatic heterocycles. The van der Waals surface area contributed by atoms with E-state index in [2.05, 4.69) is 21.1 Å². The second kappa shape index (κ2) is 4.26. The smallest absolute Gasteiger partial charge is 0.422 e. The molecule has 1 rings (SSSR count). The fourth-order valence-electron chi connectivity index (χ4n) is 0.728. The molecule has 1 heterocycles. The first-order valence-electron chi connectivity index (χ1n) is 3.30. The van der Waals surface area contributed by atoms with Crippen molar-refractivity contribution >= 4 is 39.5 Å². The van der Waals surface area contributed by atoms with Gasteiger partial charge >= 0.3 is 6.09 Å². The fourth-order valence-corrected chi connectivity index (χ4v) is 1.12. The van der Waals surface area contributed by atoms with Crippen molar-refractivity contribution in [2.45, 2.75) is 0 Å². The molecule has 0 saturated heterocycles. The van der Waals surface area contributed by atoms with Crippen LogP contribution in [0.1, 0.15) is 5.69 Å². The molecule has 0 radical (unpaired) electrons. The number of carbonyl (C=O) groups is 1. The number of rotatable bonds is 1. The zero-order chi connectivity index (χ0) is 10.7.